The predicted octanol–water partition coefficient (Wildman–Crippen LogP) is 8.77. The highest BCUT2D eigenvalue weighted by Gasteiger charge is 2.40. The predicted molar refractivity (Wildman–Crippen MR) is 167 cm³/mol. The van der Waals surface area contributed by atoms with Crippen molar-refractivity contribution >= 4 is 54.9 Å². The third kappa shape index (κ3) is 7.47. The largest absolute Gasteiger partial charge is 0.493 e. The fraction of sp³-hybridized carbons (Fsp3) is 0.500. The molecule has 0 saturated carbocycles. The number of fused-ring (bicyclic) bond motifs is 1. The summed E-state index contributed by atoms with van der Waals surface area (Å²) >= 11 is 6.13. The highest BCUT2D eigenvalue weighted by atomic mass is 127. The molecule has 0 amide bonds. The van der Waals surface area contributed by atoms with E-state index >= 15 is 0 Å². The van der Waals surface area contributed by atoms with Crippen LogP contribution in [0.25, 0.3) is 0 Å². The normalized spacial score (nSPS) is 14.1. The van der Waals surface area contributed by atoms with Gasteiger partial charge in [0.25, 0.3) is 0 Å². The standard InChI is InChI=1S/C28H38BrIO5Si2/c1-28(2,3)37(8,9)35-22(11-10-16-36(5,6)7)19-12-14-23(31-4)27(25(19)29)32-17-20-21(30)13-15-24-26(20)34-18-33-24/h12-15,22H,16-18H2,1-9H3. The minimum Gasteiger partial charge on any atom is -0.493 e. The summed E-state index contributed by atoms with van der Waals surface area (Å²) in [5.74, 6) is 9.64. The first-order valence-electron chi connectivity index (χ1n) is 12.4. The van der Waals surface area contributed by atoms with E-state index in [-0.39, 0.29) is 17.9 Å². The molecule has 0 fully saturated rings. The summed E-state index contributed by atoms with van der Waals surface area (Å²) in [5, 5.41) is 0.0520. The molecule has 1 heterocycles. The second-order valence-corrected chi connectivity index (χ2v) is 24.1. The number of hydrogen-bond acceptors (Lipinski definition) is 5. The Morgan fingerprint density at radius 3 is 2.41 bits per heavy atom. The molecule has 202 valence electrons. The maximum Gasteiger partial charge on any atom is 0.231 e. The lowest BCUT2D eigenvalue weighted by atomic mass is 10.1. The van der Waals surface area contributed by atoms with Gasteiger partial charge in [-0.15, -0.1) is 5.92 Å². The molecule has 0 aliphatic carbocycles. The van der Waals surface area contributed by atoms with Crippen molar-refractivity contribution in [3.8, 4) is 34.8 Å². The summed E-state index contributed by atoms with van der Waals surface area (Å²) in [4.78, 5) is 0. The van der Waals surface area contributed by atoms with Crippen molar-refractivity contribution in [3.05, 3.63) is 43.4 Å². The summed E-state index contributed by atoms with van der Waals surface area (Å²) in [6, 6.07) is 8.80. The Morgan fingerprint density at radius 2 is 1.78 bits per heavy atom. The number of ether oxygens (including phenoxy) is 4. The molecule has 1 unspecified atom stereocenters. The number of halogens is 2. The van der Waals surface area contributed by atoms with Crippen LogP contribution in [0.15, 0.2) is 28.7 Å². The van der Waals surface area contributed by atoms with E-state index in [9.17, 15) is 0 Å². The molecule has 1 aliphatic heterocycles. The van der Waals surface area contributed by atoms with Gasteiger partial charge in [0.05, 0.1) is 19.7 Å². The summed E-state index contributed by atoms with van der Waals surface area (Å²) in [6.07, 6.45) is -0.377. The van der Waals surface area contributed by atoms with Crippen molar-refractivity contribution in [1.82, 2.24) is 0 Å². The van der Waals surface area contributed by atoms with E-state index in [4.69, 9.17) is 23.4 Å². The summed E-state index contributed by atoms with van der Waals surface area (Å²) in [5.41, 5.74) is 1.88. The maximum absolute atomic E-state index is 6.87. The molecule has 3 rings (SSSR count). The minimum atomic E-state index is -2.11. The number of benzene rings is 2. The van der Waals surface area contributed by atoms with Crippen LogP contribution in [0.1, 0.15) is 38.0 Å². The number of methoxy groups -OCH3 is 1. The Bertz CT molecular complexity index is 1190. The number of hydrogen-bond donors (Lipinski definition) is 0. The van der Waals surface area contributed by atoms with Crippen LogP contribution in [0.3, 0.4) is 0 Å². The number of rotatable bonds is 8. The summed E-state index contributed by atoms with van der Waals surface area (Å²) < 4.78 is 32.1. The van der Waals surface area contributed by atoms with Crippen LogP contribution >= 0.6 is 38.5 Å². The Labute approximate surface area is 246 Å². The summed E-state index contributed by atoms with van der Waals surface area (Å²) in [7, 11) is -1.79. The van der Waals surface area contributed by atoms with Gasteiger partial charge in [0.1, 0.15) is 12.7 Å². The molecule has 1 aliphatic rings. The monoisotopic (exact) mass is 716 g/mol. The van der Waals surface area contributed by atoms with Gasteiger partial charge in [-0.25, -0.2) is 0 Å². The van der Waals surface area contributed by atoms with Crippen LogP contribution in [0, 0.1) is 15.4 Å². The maximum atomic E-state index is 6.87. The molecule has 9 heteroatoms. The van der Waals surface area contributed by atoms with Crippen molar-refractivity contribution in [2.45, 2.75) is 77.3 Å². The minimum absolute atomic E-state index is 0.0520. The third-order valence-corrected chi connectivity index (χ3v) is 14.1. The van der Waals surface area contributed by atoms with Crippen LogP contribution in [0.4, 0.5) is 0 Å². The molecular weight excluding hydrogens is 679 g/mol. The molecule has 1 atom stereocenters. The molecule has 0 saturated heterocycles. The fourth-order valence-corrected chi connectivity index (χ4v) is 6.38. The van der Waals surface area contributed by atoms with Gasteiger partial charge in [-0.05, 0) is 74.9 Å². The van der Waals surface area contributed by atoms with Crippen LogP contribution < -0.4 is 18.9 Å². The SMILES string of the molecule is COc1ccc(C(C#CC[Si](C)(C)C)O[Si](C)(C)C(C)(C)C)c(Br)c1OCc1c(I)ccc2c1OCO2. The van der Waals surface area contributed by atoms with E-state index in [2.05, 4.69) is 104 Å². The lowest BCUT2D eigenvalue weighted by molar-refractivity contribution is 0.171. The highest BCUT2D eigenvalue weighted by molar-refractivity contribution is 14.1. The van der Waals surface area contributed by atoms with Crippen LogP contribution in [0.5, 0.6) is 23.0 Å². The Kier molecular flexibility index (Phi) is 9.76. The Morgan fingerprint density at radius 1 is 1.08 bits per heavy atom. The van der Waals surface area contributed by atoms with Gasteiger partial charge in [-0.2, -0.15) is 0 Å². The molecule has 0 N–H and O–H groups in total. The molecule has 5 nitrogen and oxygen atoms in total. The molecule has 37 heavy (non-hydrogen) atoms. The first kappa shape index (κ1) is 30.3. The van der Waals surface area contributed by atoms with Gasteiger partial charge < -0.3 is 23.4 Å². The first-order chi connectivity index (χ1) is 17.1. The topological polar surface area (TPSA) is 46.2 Å². The molecule has 0 radical (unpaired) electrons. The van der Waals surface area contributed by atoms with E-state index in [0.717, 1.165) is 36.7 Å². The zero-order valence-electron chi connectivity index (χ0n) is 23.3. The second-order valence-electron chi connectivity index (χ2n) is 11.9. The van der Waals surface area contributed by atoms with E-state index in [1.165, 1.54) is 0 Å². The van der Waals surface area contributed by atoms with Gasteiger partial charge >= 0.3 is 0 Å². The van der Waals surface area contributed by atoms with Crippen molar-refractivity contribution in [2.24, 2.45) is 0 Å². The van der Waals surface area contributed by atoms with E-state index < -0.39 is 16.4 Å². The molecule has 0 bridgehead atoms. The van der Waals surface area contributed by atoms with Crippen LogP contribution in [-0.4, -0.2) is 30.3 Å². The van der Waals surface area contributed by atoms with Gasteiger partial charge in [0.15, 0.2) is 31.3 Å². The van der Waals surface area contributed by atoms with Crippen LogP contribution in [0.2, 0.25) is 43.8 Å². The summed E-state index contributed by atoms with van der Waals surface area (Å²) in [6.45, 7) is 18.8. The lowest BCUT2D eigenvalue weighted by Crippen LogP contribution is -2.41. The quantitative estimate of drug-likeness (QED) is 0.155. The molecule has 2 aromatic rings. The average Bonchev–Trinajstić information content (AvgIpc) is 3.25. The highest BCUT2D eigenvalue weighted by Crippen LogP contribution is 2.45. The average molecular weight is 718 g/mol. The zero-order chi connectivity index (χ0) is 27.6. The van der Waals surface area contributed by atoms with Gasteiger partial charge in [-0.1, -0.05) is 52.4 Å². The lowest BCUT2D eigenvalue weighted by Gasteiger charge is -2.38. The van der Waals surface area contributed by atoms with Crippen molar-refractivity contribution in [2.75, 3.05) is 13.9 Å². The molecule has 0 spiro atoms. The van der Waals surface area contributed by atoms with Gasteiger partial charge in [-0.3, -0.25) is 0 Å². The first-order valence-corrected chi connectivity index (χ1v) is 20.9. The van der Waals surface area contributed by atoms with Crippen molar-refractivity contribution < 1.29 is 23.4 Å². The van der Waals surface area contributed by atoms with E-state index in [1.807, 2.05) is 24.3 Å². The Balaban J connectivity index is 2.01. The molecule has 0 aromatic heterocycles. The molecule has 2 aromatic carbocycles. The van der Waals surface area contributed by atoms with E-state index in [1.54, 1.807) is 7.11 Å². The zero-order valence-corrected chi connectivity index (χ0v) is 29.0. The van der Waals surface area contributed by atoms with E-state index in [0.29, 0.717) is 18.1 Å². The Hall–Kier alpha value is -1.20. The second kappa shape index (κ2) is 11.9. The van der Waals surface area contributed by atoms with Gasteiger partial charge in [0.2, 0.25) is 6.79 Å². The van der Waals surface area contributed by atoms with Crippen molar-refractivity contribution in [3.63, 3.8) is 0 Å². The fourth-order valence-electron chi connectivity index (χ4n) is 3.39. The third-order valence-electron chi connectivity index (χ3n) is 6.61. The van der Waals surface area contributed by atoms with Gasteiger partial charge in [0, 0.05) is 20.7 Å². The molecular formula is C28H38BrIO5Si2. The van der Waals surface area contributed by atoms with Crippen LogP contribution in [-0.2, 0) is 11.0 Å². The van der Waals surface area contributed by atoms with Crippen molar-refractivity contribution in [1.29, 1.82) is 0 Å². The smallest absolute Gasteiger partial charge is 0.231 e.